The summed E-state index contributed by atoms with van der Waals surface area (Å²) in [6, 6.07) is 0. The molecule has 4 N–H and O–H groups in total. The number of unbranched alkanes of at least 4 members (excludes halogenated alkanes) is 1. The second-order valence-electron chi connectivity index (χ2n) is 3.48. The third kappa shape index (κ3) is 8.00. The van der Waals surface area contributed by atoms with Gasteiger partial charge in [0.05, 0.1) is 13.6 Å². The molecule has 18 heavy (non-hydrogen) atoms. The molecule has 0 unspecified atom stereocenters. The van der Waals surface area contributed by atoms with E-state index in [4.69, 9.17) is 10.5 Å². The van der Waals surface area contributed by atoms with Crippen molar-refractivity contribution in [1.29, 1.82) is 10.5 Å². The highest BCUT2D eigenvalue weighted by atomic mass is 15.1. The predicted octanol–water partition coefficient (Wildman–Crippen LogP) is 0.527. The zero-order valence-corrected chi connectivity index (χ0v) is 11.4. The summed E-state index contributed by atoms with van der Waals surface area (Å²) >= 11 is 0. The maximum absolute atomic E-state index is 7.10. The molecule has 0 amide bonds. The van der Waals surface area contributed by atoms with Crippen LogP contribution in [0, 0.1) is 22.9 Å². The quantitative estimate of drug-likeness (QED) is 0.462. The van der Waals surface area contributed by atoms with Crippen LogP contribution in [0.25, 0.3) is 0 Å². The average Bonchev–Trinajstić information content (AvgIpc) is 2.69. The lowest BCUT2D eigenvalue weighted by Gasteiger charge is -1.98. The number of aryl methyl sites for hydroxylation is 2. The van der Waals surface area contributed by atoms with Crippen molar-refractivity contribution in [3.8, 4) is 12.4 Å². The van der Waals surface area contributed by atoms with Crippen molar-refractivity contribution < 1.29 is 4.57 Å². The van der Waals surface area contributed by atoms with Crippen LogP contribution in [-0.4, -0.2) is 4.57 Å². The van der Waals surface area contributed by atoms with E-state index in [0.717, 1.165) is 6.42 Å². The monoisotopic (exact) mass is 251 g/mol. The number of rotatable bonds is 4. The molecule has 1 heterocycles. The Morgan fingerprint density at radius 3 is 2.17 bits per heavy atom. The topological polar surface area (TPSA) is 108 Å². The predicted molar refractivity (Wildman–Crippen MR) is 69.5 cm³/mol. The summed E-state index contributed by atoms with van der Waals surface area (Å²) < 4.78 is 4.55. The molecule has 0 saturated heterocycles. The van der Waals surface area contributed by atoms with Crippen LogP contribution in [0.15, 0.2) is 12.4 Å². The molecule has 0 aliphatic heterocycles. The fourth-order valence-electron chi connectivity index (χ4n) is 1.54. The van der Waals surface area contributed by atoms with Crippen molar-refractivity contribution in [2.75, 3.05) is 0 Å². The minimum atomic E-state index is 1.12. The van der Waals surface area contributed by atoms with E-state index in [1.807, 2.05) is 0 Å². The van der Waals surface area contributed by atoms with Crippen molar-refractivity contribution in [2.24, 2.45) is 18.5 Å². The number of hydrogen-bond acceptors (Lipinski definition) is 4. The van der Waals surface area contributed by atoms with Gasteiger partial charge in [0.2, 0.25) is 0 Å². The van der Waals surface area contributed by atoms with Crippen molar-refractivity contribution in [3.63, 3.8) is 0 Å². The van der Waals surface area contributed by atoms with Crippen molar-refractivity contribution in [2.45, 2.75) is 39.7 Å². The van der Waals surface area contributed by atoms with Gasteiger partial charge in [-0.05, 0) is 6.42 Å². The number of nitrogens with two attached hydrogens (primary N) is 2. The lowest BCUT2D eigenvalue weighted by Crippen LogP contribution is -2.31. The summed E-state index contributed by atoms with van der Waals surface area (Å²) in [5.74, 6) is 1.42. The smallest absolute Gasteiger partial charge is 0.255 e. The Morgan fingerprint density at radius 2 is 1.78 bits per heavy atom. The van der Waals surface area contributed by atoms with Gasteiger partial charge in [0.15, 0.2) is 12.4 Å². The molecule has 0 aliphatic carbocycles. The van der Waals surface area contributed by atoms with Crippen LogP contribution in [0.3, 0.4) is 0 Å². The Labute approximate surface area is 109 Å². The van der Waals surface area contributed by atoms with Crippen molar-refractivity contribution >= 4 is 0 Å². The normalized spacial score (nSPS) is 7.83. The molecule has 0 aliphatic rings. The molecule has 0 radical (unpaired) electrons. The van der Waals surface area contributed by atoms with E-state index < -0.39 is 0 Å². The van der Waals surface area contributed by atoms with Gasteiger partial charge in [-0.15, -0.1) is 0 Å². The fraction of sp³-hybridized carbons (Fsp3) is 0.583. The first-order valence-corrected chi connectivity index (χ1v) is 5.85. The molecule has 0 aromatic carbocycles. The summed E-state index contributed by atoms with van der Waals surface area (Å²) in [5.41, 5.74) is 8.31. The van der Waals surface area contributed by atoms with Crippen LogP contribution in [0.4, 0.5) is 0 Å². The lowest BCUT2D eigenvalue weighted by molar-refractivity contribution is -0.678. The third-order valence-corrected chi connectivity index (χ3v) is 2.28. The Bertz CT molecular complexity index is 370. The highest BCUT2D eigenvalue weighted by Gasteiger charge is 2.10. The van der Waals surface area contributed by atoms with Crippen LogP contribution in [0.5, 0.6) is 0 Å². The van der Waals surface area contributed by atoms with Gasteiger partial charge in [0.1, 0.15) is 12.4 Å². The van der Waals surface area contributed by atoms with Crippen LogP contribution in [0.1, 0.15) is 32.5 Å². The highest BCUT2D eigenvalue weighted by molar-refractivity contribution is 4.82. The van der Waals surface area contributed by atoms with E-state index in [1.54, 1.807) is 0 Å². The second kappa shape index (κ2) is 12.9. The van der Waals surface area contributed by atoms with Crippen LogP contribution < -0.4 is 16.0 Å². The van der Waals surface area contributed by atoms with Gasteiger partial charge in [0.25, 0.3) is 5.82 Å². The third-order valence-electron chi connectivity index (χ3n) is 2.28. The number of nitriles is 2. The van der Waals surface area contributed by atoms with Crippen LogP contribution in [0.2, 0.25) is 0 Å². The number of nitrogens with zero attached hydrogens (tertiary/aromatic N) is 4. The zero-order chi connectivity index (χ0) is 14.4. The Kier molecular flexibility index (Phi) is 13.0. The molecule has 6 nitrogen and oxygen atoms in total. The van der Waals surface area contributed by atoms with Gasteiger partial charge in [-0.3, -0.25) is 0 Å². The number of imidazole rings is 1. The first kappa shape index (κ1) is 18.2. The summed E-state index contributed by atoms with van der Waals surface area (Å²) in [6.07, 6.45) is 10.5. The molecule has 1 rings (SSSR count). The van der Waals surface area contributed by atoms with Gasteiger partial charge >= 0.3 is 0 Å². The minimum absolute atomic E-state index is 1.12. The molecule has 1 aromatic heterocycles. The molecule has 0 spiro atoms. The standard InChI is InChI=1S/C10H19N2.2CH2N2/c1-4-6-7-12-9-8-11(3)10(12)5-2;2*2-1-3/h8-9H,4-7H2,1-3H3;2*2H2/q+1;;. The maximum atomic E-state index is 7.10. The van der Waals surface area contributed by atoms with Crippen molar-refractivity contribution in [1.82, 2.24) is 4.57 Å². The van der Waals surface area contributed by atoms with E-state index in [-0.39, 0.29) is 0 Å². The summed E-state index contributed by atoms with van der Waals surface area (Å²) in [6.45, 7) is 5.60. The van der Waals surface area contributed by atoms with E-state index in [2.05, 4.69) is 53.9 Å². The van der Waals surface area contributed by atoms with E-state index >= 15 is 0 Å². The van der Waals surface area contributed by atoms with Crippen LogP contribution in [-0.2, 0) is 20.0 Å². The first-order chi connectivity index (χ1) is 8.62. The number of aromatic nitrogens is 2. The van der Waals surface area contributed by atoms with Gasteiger partial charge in [-0.2, -0.15) is 10.5 Å². The molecule has 0 atom stereocenters. The van der Waals surface area contributed by atoms with Gasteiger partial charge in [-0.25, -0.2) is 9.13 Å². The minimum Gasteiger partial charge on any atom is -0.337 e. The average molecular weight is 251 g/mol. The summed E-state index contributed by atoms with van der Waals surface area (Å²) in [5, 5.41) is 14.2. The molecule has 1 aromatic rings. The molecule has 0 fully saturated rings. The Hall–Kier alpha value is -2.21. The lowest BCUT2D eigenvalue weighted by atomic mass is 10.3. The van der Waals surface area contributed by atoms with Gasteiger partial charge in [0, 0.05) is 6.42 Å². The van der Waals surface area contributed by atoms with Gasteiger partial charge < -0.3 is 11.5 Å². The zero-order valence-electron chi connectivity index (χ0n) is 11.4. The molecule has 0 bridgehead atoms. The second-order valence-corrected chi connectivity index (χ2v) is 3.48. The first-order valence-electron chi connectivity index (χ1n) is 5.85. The molecular formula is C12H23N6+. The highest BCUT2D eigenvalue weighted by Crippen LogP contribution is 1.99. The van der Waals surface area contributed by atoms with E-state index in [1.165, 1.54) is 37.6 Å². The van der Waals surface area contributed by atoms with E-state index in [9.17, 15) is 0 Å². The van der Waals surface area contributed by atoms with Gasteiger partial charge in [-0.1, -0.05) is 20.3 Å². The molecular weight excluding hydrogens is 228 g/mol. The number of hydrogen-bond donors (Lipinski definition) is 2. The SMILES string of the molecule is CCCCn1cc[n+](C)c1CC.N#CN.N#CN. The largest absolute Gasteiger partial charge is 0.337 e. The Morgan fingerprint density at radius 1 is 1.28 bits per heavy atom. The molecule has 6 heteroatoms. The summed E-state index contributed by atoms with van der Waals surface area (Å²) in [7, 11) is 2.11. The maximum Gasteiger partial charge on any atom is 0.255 e. The van der Waals surface area contributed by atoms with Crippen LogP contribution >= 0.6 is 0 Å². The molecule has 100 valence electrons. The molecule has 0 saturated carbocycles. The fourth-order valence-corrected chi connectivity index (χ4v) is 1.54. The van der Waals surface area contributed by atoms with Crippen molar-refractivity contribution in [3.05, 3.63) is 18.2 Å². The Balaban J connectivity index is 0. The summed E-state index contributed by atoms with van der Waals surface area (Å²) in [4.78, 5) is 0. The van der Waals surface area contributed by atoms with E-state index in [0.29, 0.717) is 0 Å².